The number of halogens is 1. The summed E-state index contributed by atoms with van der Waals surface area (Å²) in [6, 6.07) is 0.0397. The number of hydrogen-bond acceptors (Lipinski definition) is 4. The van der Waals surface area contributed by atoms with E-state index in [4.69, 9.17) is 10.7 Å². The summed E-state index contributed by atoms with van der Waals surface area (Å²) in [6.07, 6.45) is 4.13. The Morgan fingerprint density at radius 3 is 2.70 bits per heavy atom. The molecule has 1 atom stereocenters. The van der Waals surface area contributed by atoms with Crippen LogP contribution in [0.2, 0.25) is 0 Å². The van der Waals surface area contributed by atoms with Crippen molar-refractivity contribution in [3.05, 3.63) is 11.4 Å². The molecule has 2 N–H and O–H groups in total. The van der Waals surface area contributed by atoms with Crippen LogP contribution in [0.15, 0.2) is 4.90 Å². The summed E-state index contributed by atoms with van der Waals surface area (Å²) in [4.78, 5) is 11.9. The van der Waals surface area contributed by atoms with Gasteiger partial charge in [0.25, 0.3) is 15.0 Å². The SMILES string of the molecule is CCC(CC1CC1)NC(=O)c1n[nH]c(C)c1S(=O)(=O)Cl. The summed E-state index contributed by atoms with van der Waals surface area (Å²) in [5.41, 5.74) is 0.104. The normalized spacial score (nSPS) is 16.9. The Morgan fingerprint density at radius 1 is 1.55 bits per heavy atom. The summed E-state index contributed by atoms with van der Waals surface area (Å²) < 4.78 is 23.0. The van der Waals surface area contributed by atoms with E-state index in [-0.39, 0.29) is 22.3 Å². The van der Waals surface area contributed by atoms with Gasteiger partial charge in [0.1, 0.15) is 4.90 Å². The third-order valence-corrected chi connectivity index (χ3v) is 4.94. The number of aromatic nitrogens is 2. The number of nitrogens with one attached hydrogen (secondary N) is 2. The second-order valence-electron chi connectivity index (χ2n) is 5.22. The van der Waals surface area contributed by atoms with Crippen LogP contribution < -0.4 is 5.32 Å². The minimum Gasteiger partial charge on any atom is -0.348 e. The fourth-order valence-electron chi connectivity index (χ4n) is 2.21. The number of H-pyrrole nitrogens is 1. The van der Waals surface area contributed by atoms with Gasteiger partial charge in [0.15, 0.2) is 5.69 Å². The Labute approximate surface area is 122 Å². The lowest BCUT2D eigenvalue weighted by atomic mass is 10.1. The molecule has 0 aliphatic heterocycles. The van der Waals surface area contributed by atoms with Crippen molar-refractivity contribution in [1.82, 2.24) is 15.5 Å². The third-order valence-electron chi connectivity index (χ3n) is 3.49. The molecule has 1 aliphatic rings. The Bertz CT molecular complexity index is 607. The molecular weight excluding hydrogens is 302 g/mol. The molecule has 1 fully saturated rings. The van der Waals surface area contributed by atoms with Gasteiger partial charge in [0.05, 0.1) is 5.69 Å². The van der Waals surface area contributed by atoms with Crippen molar-refractivity contribution in [3.8, 4) is 0 Å². The van der Waals surface area contributed by atoms with Gasteiger partial charge < -0.3 is 5.32 Å². The summed E-state index contributed by atoms with van der Waals surface area (Å²) in [6.45, 7) is 3.50. The van der Waals surface area contributed by atoms with Crippen molar-refractivity contribution in [1.29, 1.82) is 0 Å². The maximum Gasteiger partial charge on any atom is 0.273 e. The average Bonchev–Trinajstić information content (AvgIpc) is 3.06. The van der Waals surface area contributed by atoms with Crippen LogP contribution in [-0.2, 0) is 9.05 Å². The number of amides is 1. The molecule has 1 heterocycles. The summed E-state index contributed by atoms with van der Waals surface area (Å²) in [5.74, 6) is 0.179. The van der Waals surface area contributed by atoms with Crippen molar-refractivity contribution in [2.75, 3.05) is 0 Å². The molecule has 20 heavy (non-hydrogen) atoms. The number of carbonyl (C=O) groups is 1. The van der Waals surface area contributed by atoms with Gasteiger partial charge in [-0.1, -0.05) is 19.8 Å². The molecule has 0 saturated heterocycles. The van der Waals surface area contributed by atoms with Gasteiger partial charge in [0.2, 0.25) is 0 Å². The van der Waals surface area contributed by atoms with E-state index in [1.54, 1.807) is 0 Å². The van der Waals surface area contributed by atoms with E-state index in [9.17, 15) is 13.2 Å². The third kappa shape index (κ3) is 3.52. The smallest absolute Gasteiger partial charge is 0.273 e. The van der Waals surface area contributed by atoms with Crippen LogP contribution in [0.5, 0.6) is 0 Å². The van der Waals surface area contributed by atoms with Gasteiger partial charge in [0, 0.05) is 16.7 Å². The zero-order chi connectivity index (χ0) is 14.9. The summed E-state index contributed by atoms with van der Waals surface area (Å²) >= 11 is 0. The van der Waals surface area contributed by atoms with Gasteiger partial charge >= 0.3 is 0 Å². The van der Waals surface area contributed by atoms with E-state index in [2.05, 4.69) is 15.5 Å². The second-order valence-corrected chi connectivity index (χ2v) is 7.72. The zero-order valence-corrected chi connectivity index (χ0v) is 13.0. The number of nitrogens with zero attached hydrogens (tertiary/aromatic N) is 1. The lowest BCUT2D eigenvalue weighted by Crippen LogP contribution is -2.35. The number of aryl methyl sites for hydroxylation is 1. The fraction of sp³-hybridized carbons (Fsp3) is 0.667. The van der Waals surface area contributed by atoms with Crippen molar-refractivity contribution in [2.24, 2.45) is 5.92 Å². The second kappa shape index (κ2) is 5.73. The van der Waals surface area contributed by atoms with Gasteiger partial charge in [-0.15, -0.1) is 0 Å². The first-order chi connectivity index (χ1) is 9.32. The van der Waals surface area contributed by atoms with Gasteiger partial charge in [-0.3, -0.25) is 9.89 Å². The Morgan fingerprint density at radius 2 is 2.20 bits per heavy atom. The molecule has 1 aliphatic carbocycles. The van der Waals surface area contributed by atoms with Crippen LogP contribution in [0.4, 0.5) is 0 Å². The highest BCUT2D eigenvalue weighted by Gasteiger charge is 2.30. The first-order valence-electron chi connectivity index (χ1n) is 6.63. The molecule has 0 radical (unpaired) electrons. The highest BCUT2D eigenvalue weighted by molar-refractivity contribution is 8.13. The quantitative estimate of drug-likeness (QED) is 0.784. The zero-order valence-electron chi connectivity index (χ0n) is 11.4. The lowest BCUT2D eigenvalue weighted by Gasteiger charge is -2.16. The standard InChI is InChI=1S/C12H18ClN3O3S/c1-3-9(6-8-4-5-8)14-12(17)10-11(20(13,18)19)7(2)15-16-10/h8-9H,3-6H2,1-2H3,(H,14,17)(H,15,16). The lowest BCUT2D eigenvalue weighted by molar-refractivity contribution is 0.0924. The van der Waals surface area contributed by atoms with Gasteiger partial charge in [-0.05, 0) is 25.7 Å². The Balaban J connectivity index is 2.16. The van der Waals surface area contributed by atoms with E-state index in [0.29, 0.717) is 5.92 Å². The van der Waals surface area contributed by atoms with Gasteiger partial charge in [-0.25, -0.2) is 8.42 Å². The molecule has 0 bridgehead atoms. The average molecular weight is 320 g/mol. The van der Waals surface area contributed by atoms with E-state index < -0.39 is 15.0 Å². The molecule has 1 unspecified atom stereocenters. The molecule has 112 valence electrons. The number of carbonyl (C=O) groups excluding carboxylic acids is 1. The first kappa shape index (κ1) is 15.3. The number of rotatable bonds is 6. The molecule has 8 heteroatoms. The van der Waals surface area contributed by atoms with Crippen molar-refractivity contribution < 1.29 is 13.2 Å². The molecule has 1 amide bonds. The van der Waals surface area contributed by atoms with Crippen molar-refractivity contribution in [3.63, 3.8) is 0 Å². The van der Waals surface area contributed by atoms with Crippen molar-refractivity contribution >= 4 is 25.6 Å². The van der Waals surface area contributed by atoms with E-state index in [1.165, 1.54) is 19.8 Å². The predicted molar refractivity (Wildman–Crippen MR) is 75.2 cm³/mol. The first-order valence-corrected chi connectivity index (χ1v) is 8.94. The predicted octanol–water partition coefficient (Wildman–Crippen LogP) is 1.95. The number of hydrogen-bond donors (Lipinski definition) is 2. The largest absolute Gasteiger partial charge is 0.348 e. The molecular formula is C12H18ClN3O3S. The molecule has 1 saturated carbocycles. The molecule has 0 spiro atoms. The highest BCUT2D eigenvalue weighted by atomic mass is 35.7. The Hall–Kier alpha value is -1.08. The van der Waals surface area contributed by atoms with Crippen LogP contribution in [0.1, 0.15) is 48.8 Å². The summed E-state index contributed by atoms with van der Waals surface area (Å²) in [7, 11) is 1.35. The van der Waals surface area contributed by atoms with Crippen LogP contribution in [-0.4, -0.2) is 30.6 Å². The Kier molecular flexibility index (Phi) is 4.39. The van der Waals surface area contributed by atoms with Crippen molar-refractivity contribution in [2.45, 2.75) is 50.5 Å². The topological polar surface area (TPSA) is 91.9 Å². The molecule has 1 aromatic heterocycles. The fourth-order valence-corrected chi connectivity index (χ4v) is 3.56. The van der Waals surface area contributed by atoms with Crippen LogP contribution in [0.3, 0.4) is 0 Å². The van der Waals surface area contributed by atoms with Gasteiger partial charge in [-0.2, -0.15) is 5.10 Å². The molecule has 0 aromatic carbocycles. The van der Waals surface area contributed by atoms with Crippen LogP contribution in [0, 0.1) is 12.8 Å². The number of aromatic amines is 1. The van der Waals surface area contributed by atoms with Crippen LogP contribution >= 0.6 is 10.7 Å². The maximum absolute atomic E-state index is 12.2. The monoisotopic (exact) mass is 319 g/mol. The van der Waals surface area contributed by atoms with Crippen LogP contribution in [0.25, 0.3) is 0 Å². The molecule has 1 aromatic rings. The molecule has 6 nitrogen and oxygen atoms in total. The van der Waals surface area contributed by atoms with E-state index in [0.717, 1.165) is 12.8 Å². The minimum absolute atomic E-state index is 0.0397. The van der Waals surface area contributed by atoms with E-state index in [1.807, 2.05) is 6.92 Å². The van der Waals surface area contributed by atoms with E-state index >= 15 is 0 Å². The highest BCUT2D eigenvalue weighted by Crippen LogP contribution is 2.34. The maximum atomic E-state index is 12.2. The minimum atomic E-state index is -4.00. The molecule has 2 rings (SSSR count). The summed E-state index contributed by atoms with van der Waals surface area (Å²) in [5, 5.41) is 9.09.